The molecule has 4 nitrogen and oxygen atoms in total. The molecule has 0 aliphatic carbocycles. The summed E-state index contributed by atoms with van der Waals surface area (Å²) in [6, 6.07) is 5.50. The summed E-state index contributed by atoms with van der Waals surface area (Å²) < 4.78 is 11.4. The van der Waals surface area contributed by atoms with Crippen LogP contribution in [0.15, 0.2) is 22.7 Å². The first-order chi connectivity index (χ1) is 8.13. The molecule has 0 radical (unpaired) electrons. The summed E-state index contributed by atoms with van der Waals surface area (Å²) in [7, 11) is 1.59. The van der Waals surface area contributed by atoms with E-state index in [0.717, 1.165) is 15.8 Å². The predicted molar refractivity (Wildman–Crippen MR) is 65.1 cm³/mol. The van der Waals surface area contributed by atoms with Crippen molar-refractivity contribution in [3.05, 3.63) is 28.2 Å². The van der Waals surface area contributed by atoms with Crippen LogP contribution in [0.1, 0.15) is 18.1 Å². The molecule has 92 valence electrons. The van der Waals surface area contributed by atoms with Gasteiger partial charge in [0.1, 0.15) is 5.75 Å². The number of methoxy groups -OCH3 is 1. The van der Waals surface area contributed by atoms with E-state index < -0.39 is 11.9 Å². The van der Waals surface area contributed by atoms with E-state index in [0.29, 0.717) is 13.0 Å². The van der Waals surface area contributed by atoms with Gasteiger partial charge in [0.25, 0.3) is 0 Å². The van der Waals surface area contributed by atoms with Crippen molar-refractivity contribution in [1.82, 2.24) is 0 Å². The number of carbonyl (C=O) groups is 1. The summed E-state index contributed by atoms with van der Waals surface area (Å²) in [4.78, 5) is 11.1. The van der Waals surface area contributed by atoms with Crippen LogP contribution in [0, 0.1) is 5.92 Å². The molecular formula is C12H13BrO4. The fraction of sp³-hybridized carbons (Fsp3) is 0.417. The van der Waals surface area contributed by atoms with Gasteiger partial charge in [-0.15, -0.1) is 0 Å². The number of ether oxygens (including phenoxy) is 2. The lowest BCUT2D eigenvalue weighted by atomic mass is 9.95. The Hall–Kier alpha value is -1.07. The normalized spacial score (nSPS) is 23.6. The molecule has 0 saturated carbocycles. The van der Waals surface area contributed by atoms with E-state index in [1.54, 1.807) is 13.2 Å². The molecule has 0 aromatic heterocycles. The molecule has 1 fully saturated rings. The predicted octanol–water partition coefficient (Wildman–Crippen LogP) is 2.62. The lowest BCUT2D eigenvalue weighted by Gasteiger charge is -2.16. The Labute approximate surface area is 108 Å². The minimum atomic E-state index is -0.806. The number of carboxylic acids is 1. The number of aliphatic carboxylic acids is 1. The van der Waals surface area contributed by atoms with Crippen molar-refractivity contribution < 1.29 is 19.4 Å². The third-order valence-electron chi connectivity index (χ3n) is 2.91. The van der Waals surface area contributed by atoms with Crippen molar-refractivity contribution in [1.29, 1.82) is 0 Å². The van der Waals surface area contributed by atoms with Gasteiger partial charge in [-0.25, -0.2) is 0 Å². The van der Waals surface area contributed by atoms with E-state index in [1.807, 2.05) is 12.1 Å². The third-order valence-corrected chi connectivity index (χ3v) is 3.53. The molecule has 5 heteroatoms. The summed E-state index contributed by atoms with van der Waals surface area (Å²) in [5, 5.41) is 9.10. The second-order valence-electron chi connectivity index (χ2n) is 3.92. The Morgan fingerprint density at radius 3 is 2.94 bits per heavy atom. The lowest BCUT2D eigenvalue weighted by molar-refractivity contribution is -0.143. The summed E-state index contributed by atoms with van der Waals surface area (Å²) in [5.41, 5.74) is 0.863. The fourth-order valence-electron chi connectivity index (χ4n) is 2.03. The van der Waals surface area contributed by atoms with Crippen molar-refractivity contribution in [2.24, 2.45) is 5.92 Å². The first kappa shape index (κ1) is 12.4. The molecule has 1 N–H and O–H groups in total. The highest BCUT2D eigenvalue weighted by Crippen LogP contribution is 2.37. The maximum absolute atomic E-state index is 11.1. The van der Waals surface area contributed by atoms with Crippen LogP contribution in [-0.4, -0.2) is 24.8 Å². The maximum Gasteiger partial charge on any atom is 0.309 e. The molecule has 1 saturated heterocycles. The van der Waals surface area contributed by atoms with Gasteiger partial charge in [-0.05, 0) is 40.0 Å². The van der Waals surface area contributed by atoms with E-state index in [4.69, 9.17) is 14.6 Å². The van der Waals surface area contributed by atoms with Gasteiger partial charge in [0.2, 0.25) is 0 Å². The standard InChI is InChI=1S/C12H13BrO4/c1-16-10-3-2-7(6-9(10)13)11-8(12(14)15)4-5-17-11/h2-3,6,8,11H,4-5H2,1H3,(H,14,15). The summed E-state index contributed by atoms with van der Waals surface area (Å²) in [6.45, 7) is 0.491. The van der Waals surface area contributed by atoms with Gasteiger partial charge in [0.05, 0.1) is 23.6 Å². The Bertz CT molecular complexity index is 433. The molecule has 0 spiro atoms. The minimum absolute atomic E-state index is 0.366. The van der Waals surface area contributed by atoms with E-state index >= 15 is 0 Å². The molecule has 2 unspecified atom stereocenters. The first-order valence-corrected chi connectivity index (χ1v) is 6.10. The minimum Gasteiger partial charge on any atom is -0.496 e. The smallest absolute Gasteiger partial charge is 0.309 e. The highest BCUT2D eigenvalue weighted by Gasteiger charge is 2.35. The molecule has 17 heavy (non-hydrogen) atoms. The number of carboxylic acid groups (broad SMARTS) is 1. The van der Waals surface area contributed by atoms with Crippen molar-refractivity contribution in [2.45, 2.75) is 12.5 Å². The Balaban J connectivity index is 2.27. The van der Waals surface area contributed by atoms with E-state index in [1.165, 1.54) is 0 Å². The van der Waals surface area contributed by atoms with Crippen LogP contribution < -0.4 is 4.74 Å². The Kier molecular flexibility index (Phi) is 3.69. The zero-order chi connectivity index (χ0) is 12.4. The summed E-state index contributed by atoms with van der Waals surface area (Å²) in [6.07, 6.45) is 0.193. The average Bonchev–Trinajstić information content (AvgIpc) is 2.77. The topological polar surface area (TPSA) is 55.8 Å². The quantitative estimate of drug-likeness (QED) is 0.932. The highest BCUT2D eigenvalue weighted by atomic mass is 79.9. The molecule has 2 rings (SSSR count). The van der Waals surface area contributed by atoms with Crippen molar-refractivity contribution in [3.63, 3.8) is 0 Å². The average molecular weight is 301 g/mol. The molecule has 1 aliphatic heterocycles. The molecule has 1 heterocycles. The van der Waals surface area contributed by atoms with E-state index in [-0.39, 0.29) is 6.10 Å². The zero-order valence-corrected chi connectivity index (χ0v) is 10.9. The zero-order valence-electron chi connectivity index (χ0n) is 9.35. The molecule has 0 bridgehead atoms. The van der Waals surface area contributed by atoms with E-state index in [2.05, 4.69) is 15.9 Å². The van der Waals surface area contributed by atoms with Gasteiger partial charge in [0.15, 0.2) is 0 Å². The van der Waals surface area contributed by atoms with Crippen LogP contribution in [0.4, 0.5) is 0 Å². The van der Waals surface area contributed by atoms with Gasteiger partial charge >= 0.3 is 5.97 Å². The number of benzene rings is 1. The largest absolute Gasteiger partial charge is 0.496 e. The SMILES string of the molecule is COc1ccc(C2OCCC2C(=O)O)cc1Br. The van der Waals surface area contributed by atoms with Crippen LogP contribution in [0.25, 0.3) is 0 Å². The number of halogens is 1. The Morgan fingerprint density at radius 2 is 2.35 bits per heavy atom. The molecular weight excluding hydrogens is 288 g/mol. The second kappa shape index (κ2) is 5.06. The van der Waals surface area contributed by atoms with Crippen molar-refractivity contribution in [3.8, 4) is 5.75 Å². The van der Waals surface area contributed by atoms with E-state index in [9.17, 15) is 4.79 Å². The van der Waals surface area contributed by atoms with Crippen LogP contribution in [0.3, 0.4) is 0 Å². The number of hydrogen-bond donors (Lipinski definition) is 1. The van der Waals surface area contributed by atoms with Gasteiger partial charge < -0.3 is 14.6 Å². The van der Waals surface area contributed by atoms with Crippen LogP contribution in [-0.2, 0) is 9.53 Å². The fourth-order valence-corrected chi connectivity index (χ4v) is 2.59. The monoisotopic (exact) mass is 300 g/mol. The third kappa shape index (κ3) is 2.45. The molecule has 1 aliphatic rings. The van der Waals surface area contributed by atoms with Crippen LogP contribution in [0.2, 0.25) is 0 Å². The van der Waals surface area contributed by atoms with Crippen LogP contribution >= 0.6 is 15.9 Å². The Morgan fingerprint density at radius 1 is 1.59 bits per heavy atom. The molecule has 0 amide bonds. The number of hydrogen-bond acceptors (Lipinski definition) is 3. The second-order valence-corrected chi connectivity index (χ2v) is 4.77. The first-order valence-electron chi connectivity index (χ1n) is 5.31. The van der Waals surface area contributed by atoms with Crippen molar-refractivity contribution >= 4 is 21.9 Å². The molecule has 1 aromatic carbocycles. The van der Waals surface area contributed by atoms with Gasteiger partial charge in [0, 0.05) is 6.61 Å². The van der Waals surface area contributed by atoms with Gasteiger partial charge in [-0.3, -0.25) is 4.79 Å². The summed E-state index contributed by atoms with van der Waals surface area (Å²) >= 11 is 3.38. The molecule has 1 aromatic rings. The summed E-state index contributed by atoms with van der Waals surface area (Å²) in [5.74, 6) is -0.548. The molecule has 2 atom stereocenters. The van der Waals surface area contributed by atoms with Crippen LogP contribution in [0.5, 0.6) is 5.75 Å². The highest BCUT2D eigenvalue weighted by molar-refractivity contribution is 9.10. The van der Waals surface area contributed by atoms with Gasteiger partial charge in [-0.2, -0.15) is 0 Å². The number of rotatable bonds is 3. The maximum atomic E-state index is 11.1. The lowest BCUT2D eigenvalue weighted by Crippen LogP contribution is -2.17. The van der Waals surface area contributed by atoms with Crippen molar-refractivity contribution in [2.75, 3.05) is 13.7 Å². The van der Waals surface area contributed by atoms with Gasteiger partial charge in [-0.1, -0.05) is 6.07 Å².